The molecule has 0 aliphatic carbocycles. The Morgan fingerprint density at radius 3 is 2.00 bits per heavy atom. The van der Waals surface area contributed by atoms with Gasteiger partial charge in [-0.1, -0.05) is 19.8 Å². The van der Waals surface area contributed by atoms with Gasteiger partial charge in [-0.2, -0.15) is 0 Å². The molecule has 7 heavy (non-hydrogen) atoms. The van der Waals surface area contributed by atoms with Crippen LogP contribution in [0.5, 0.6) is 0 Å². The molecule has 0 saturated heterocycles. The number of hydrogen-bond acceptors (Lipinski definition) is 1. The summed E-state index contributed by atoms with van der Waals surface area (Å²) in [5, 5.41) is 0. The van der Waals surface area contributed by atoms with E-state index in [9.17, 15) is 0 Å². The third-order valence-corrected chi connectivity index (χ3v) is 0.911. The van der Waals surface area contributed by atoms with Crippen LogP contribution < -0.4 is 5.73 Å². The van der Waals surface area contributed by atoms with E-state index in [-0.39, 0.29) is 6.04 Å². The highest BCUT2D eigenvalue weighted by Gasteiger charge is 1.99. The van der Waals surface area contributed by atoms with Gasteiger partial charge in [0, 0.05) is 0 Å². The molecule has 40 valence electrons. The van der Waals surface area contributed by atoms with E-state index >= 15 is 0 Å². The molecule has 0 aliphatic rings. The molecule has 1 nitrogen and oxygen atoms in total. The van der Waals surface area contributed by atoms with Crippen LogP contribution in [0, 0.1) is 18.3 Å². The van der Waals surface area contributed by atoms with Crippen LogP contribution in [0.3, 0.4) is 0 Å². The van der Waals surface area contributed by atoms with Gasteiger partial charge in [0.2, 0.25) is 0 Å². The maximum atomic E-state index is 5.38. The van der Waals surface area contributed by atoms with E-state index in [1.807, 2.05) is 13.8 Å². The first-order valence-electron chi connectivity index (χ1n) is 2.40. The summed E-state index contributed by atoms with van der Waals surface area (Å²) >= 11 is 0. The zero-order chi connectivity index (χ0) is 5.86. The zero-order valence-electron chi connectivity index (χ0n) is 4.81. The Morgan fingerprint density at radius 1 is 1.57 bits per heavy atom. The molecule has 0 aromatic carbocycles. The van der Waals surface area contributed by atoms with Crippen molar-refractivity contribution in [3.63, 3.8) is 0 Å². The molecule has 1 atom stereocenters. The molecule has 0 aromatic rings. The Balaban J connectivity index is 3.40. The SMILES string of the molecule is C#C[C@@H](N)C(C)C. The molecule has 0 radical (unpaired) electrons. The Hall–Kier alpha value is -0.480. The first-order valence-corrected chi connectivity index (χ1v) is 2.40. The Labute approximate surface area is 44.9 Å². The van der Waals surface area contributed by atoms with Crippen molar-refractivity contribution in [3.8, 4) is 12.3 Å². The fourth-order valence-electron chi connectivity index (χ4n) is 0.192. The van der Waals surface area contributed by atoms with Crippen LogP contribution in [-0.2, 0) is 0 Å². The quantitative estimate of drug-likeness (QED) is 0.476. The highest BCUT2D eigenvalue weighted by Crippen LogP contribution is 1.93. The van der Waals surface area contributed by atoms with Gasteiger partial charge in [-0.05, 0) is 5.92 Å². The standard InChI is InChI=1S/C6H11N/c1-4-6(7)5(2)3/h1,5-6H,7H2,2-3H3/t6-/m1/s1. The average Bonchev–Trinajstić information content (AvgIpc) is 1.65. The molecule has 0 rings (SSSR count). The summed E-state index contributed by atoms with van der Waals surface area (Å²) in [6, 6.07) is -0.0694. The lowest BCUT2D eigenvalue weighted by Gasteiger charge is -2.05. The maximum Gasteiger partial charge on any atom is 0.0685 e. The van der Waals surface area contributed by atoms with E-state index in [4.69, 9.17) is 12.2 Å². The number of hydrogen-bond donors (Lipinski definition) is 1. The van der Waals surface area contributed by atoms with Crippen molar-refractivity contribution < 1.29 is 0 Å². The third-order valence-electron chi connectivity index (χ3n) is 0.911. The lowest BCUT2D eigenvalue weighted by Crippen LogP contribution is -2.23. The van der Waals surface area contributed by atoms with Gasteiger partial charge in [-0.25, -0.2) is 0 Å². The van der Waals surface area contributed by atoms with Gasteiger partial charge >= 0.3 is 0 Å². The molecule has 0 aliphatic heterocycles. The van der Waals surface area contributed by atoms with Crippen LogP contribution in [-0.4, -0.2) is 6.04 Å². The van der Waals surface area contributed by atoms with E-state index < -0.39 is 0 Å². The topological polar surface area (TPSA) is 26.0 Å². The second-order valence-corrected chi connectivity index (χ2v) is 1.94. The van der Waals surface area contributed by atoms with Crippen molar-refractivity contribution >= 4 is 0 Å². The van der Waals surface area contributed by atoms with Crippen LogP contribution in [0.2, 0.25) is 0 Å². The largest absolute Gasteiger partial charge is 0.317 e. The second-order valence-electron chi connectivity index (χ2n) is 1.94. The van der Waals surface area contributed by atoms with Gasteiger partial charge in [0.05, 0.1) is 6.04 Å². The average molecular weight is 97.2 g/mol. The molecule has 0 spiro atoms. The van der Waals surface area contributed by atoms with E-state index in [1.165, 1.54) is 0 Å². The van der Waals surface area contributed by atoms with Gasteiger partial charge in [0.25, 0.3) is 0 Å². The third kappa shape index (κ3) is 2.24. The zero-order valence-corrected chi connectivity index (χ0v) is 4.81. The molecule has 1 heteroatoms. The molecule has 0 heterocycles. The fourth-order valence-corrected chi connectivity index (χ4v) is 0.192. The van der Waals surface area contributed by atoms with Gasteiger partial charge < -0.3 is 5.73 Å². The predicted octanol–water partition coefficient (Wildman–Crippen LogP) is 0.603. The minimum atomic E-state index is -0.0694. The smallest absolute Gasteiger partial charge is 0.0685 e. The van der Waals surface area contributed by atoms with Crippen LogP contribution in [0.15, 0.2) is 0 Å². The summed E-state index contributed by atoms with van der Waals surface area (Å²) in [5.41, 5.74) is 5.38. The normalized spacial score (nSPS) is 13.6. The highest BCUT2D eigenvalue weighted by atomic mass is 14.6. The van der Waals surface area contributed by atoms with Crippen molar-refractivity contribution in [2.45, 2.75) is 19.9 Å². The molecular formula is C6H11N. The minimum absolute atomic E-state index is 0.0694. The molecule has 0 saturated carbocycles. The monoisotopic (exact) mass is 97.1 g/mol. The summed E-state index contributed by atoms with van der Waals surface area (Å²) in [7, 11) is 0. The second kappa shape index (κ2) is 2.65. The Kier molecular flexibility index (Phi) is 2.47. The summed E-state index contributed by atoms with van der Waals surface area (Å²) in [4.78, 5) is 0. The van der Waals surface area contributed by atoms with Gasteiger partial charge in [0.15, 0.2) is 0 Å². The Bertz CT molecular complexity index is 78.7. The van der Waals surface area contributed by atoms with Crippen LogP contribution in [0.4, 0.5) is 0 Å². The molecule has 0 bridgehead atoms. The molecule has 0 aromatic heterocycles. The van der Waals surface area contributed by atoms with Crippen molar-refractivity contribution in [3.05, 3.63) is 0 Å². The number of terminal acetylenes is 1. The molecule has 0 unspecified atom stereocenters. The van der Waals surface area contributed by atoms with Crippen molar-refractivity contribution in [1.82, 2.24) is 0 Å². The van der Waals surface area contributed by atoms with Crippen molar-refractivity contribution in [2.24, 2.45) is 11.7 Å². The summed E-state index contributed by atoms with van der Waals surface area (Å²) in [6.07, 6.45) is 5.00. The van der Waals surface area contributed by atoms with E-state index in [0.717, 1.165) is 0 Å². The summed E-state index contributed by atoms with van der Waals surface area (Å²) in [5.74, 6) is 2.85. The van der Waals surface area contributed by atoms with Gasteiger partial charge in [-0.15, -0.1) is 6.42 Å². The molecular weight excluding hydrogens is 86.1 g/mol. The Morgan fingerprint density at radius 2 is 2.00 bits per heavy atom. The van der Waals surface area contributed by atoms with Crippen LogP contribution in [0.25, 0.3) is 0 Å². The van der Waals surface area contributed by atoms with Crippen molar-refractivity contribution in [1.29, 1.82) is 0 Å². The lowest BCUT2D eigenvalue weighted by molar-refractivity contribution is 0.585. The predicted molar refractivity (Wildman–Crippen MR) is 31.6 cm³/mol. The highest BCUT2D eigenvalue weighted by molar-refractivity contribution is 4.97. The van der Waals surface area contributed by atoms with E-state index in [1.54, 1.807) is 0 Å². The summed E-state index contributed by atoms with van der Waals surface area (Å²) in [6.45, 7) is 4.01. The first-order chi connectivity index (χ1) is 3.18. The summed E-state index contributed by atoms with van der Waals surface area (Å²) < 4.78 is 0. The molecule has 0 fully saturated rings. The van der Waals surface area contributed by atoms with Gasteiger partial charge in [0.1, 0.15) is 0 Å². The van der Waals surface area contributed by atoms with Gasteiger partial charge in [-0.3, -0.25) is 0 Å². The fraction of sp³-hybridized carbons (Fsp3) is 0.667. The van der Waals surface area contributed by atoms with E-state index in [2.05, 4.69) is 5.92 Å². The minimum Gasteiger partial charge on any atom is -0.317 e. The maximum absolute atomic E-state index is 5.38. The van der Waals surface area contributed by atoms with E-state index in [0.29, 0.717) is 5.92 Å². The van der Waals surface area contributed by atoms with Crippen molar-refractivity contribution in [2.75, 3.05) is 0 Å². The van der Waals surface area contributed by atoms with Crippen LogP contribution in [0.1, 0.15) is 13.8 Å². The molecule has 2 N–H and O–H groups in total. The number of rotatable bonds is 1. The first kappa shape index (κ1) is 6.52. The van der Waals surface area contributed by atoms with Crippen LogP contribution >= 0.6 is 0 Å². The molecule has 0 amide bonds. The lowest BCUT2D eigenvalue weighted by atomic mass is 10.1. The number of nitrogens with two attached hydrogens (primary N) is 1.